The first-order chi connectivity index (χ1) is 18.2. The molecule has 0 radical (unpaired) electrons. The molecule has 3 heterocycles. The largest absolute Gasteiger partial charge is 0.478 e. The molecule has 0 unspecified atom stereocenters. The number of halogens is 2. The average Bonchev–Trinajstić information content (AvgIpc) is 3.48. The van der Waals surface area contributed by atoms with E-state index in [-0.39, 0.29) is 11.7 Å². The van der Waals surface area contributed by atoms with Crippen LogP contribution < -0.4 is 0 Å². The van der Waals surface area contributed by atoms with Crippen molar-refractivity contribution >= 4 is 50.7 Å². The van der Waals surface area contributed by atoms with Crippen LogP contribution in [-0.4, -0.2) is 47.2 Å². The van der Waals surface area contributed by atoms with E-state index in [1.165, 1.54) is 23.7 Å². The van der Waals surface area contributed by atoms with Crippen LogP contribution in [0.1, 0.15) is 76.8 Å². The van der Waals surface area contributed by atoms with E-state index >= 15 is 0 Å². The number of aromatic nitrogens is 5. The van der Waals surface area contributed by atoms with E-state index in [0.29, 0.717) is 58.9 Å². The van der Waals surface area contributed by atoms with Crippen molar-refractivity contribution in [1.82, 2.24) is 25.0 Å². The maximum atomic E-state index is 11.5. The summed E-state index contributed by atoms with van der Waals surface area (Å²) in [6.07, 6.45) is 7.44. The summed E-state index contributed by atoms with van der Waals surface area (Å²) in [5, 5.41) is 31.0. The Bertz CT molecular complexity index is 1520. The average molecular weight is 574 g/mol. The SMILES string of the molecule is Cc1cc(C(=O)O)cc2sc(C3(O)CCC(OCc4c(C5CC5)nnn4-c4c(Cl)cncc4Cl)CC3)nc12. The highest BCUT2D eigenvalue weighted by atomic mass is 35.5. The van der Waals surface area contributed by atoms with Gasteiger partial charge in [0.2, 0.25) is 0 Å². The fourth-order valence-corrected chi connectivity index (χ4v) is 6.83. The van der Waals surface area contributed by atoms with Crippen LogP contribution in [0.4, 0.5) is 0 Å². The Balaban J connectivity index is 1.18. The number of thiazole rings is 1. The van der Waals surface area contributed by atoms with Gasteiger partial charge in [-0.15, -0.1) is 16.4 Å². The predicted octanol–water partition coefficient (Wildman–Crippen LogP) is 5.81. The van der Waals surface area contributed by atoms with E-state index < -0.39 is 11.6 Å². The molecule has 6 rings (SSSR count). The highest BCUT2D eigenvalue weighted by Gasteiger charge is 2.39. The van der Waals surface area contributed by atoms with Crippen molar-refractivity contribution in [2.45, 2.75) is 69.7 Å². The Kier molecular flexibility index (Phi) is 6.64. The van der Waals surface area contributed by atoms with Crippen LogP contribution in [0.5, 0.6) is 0 Å². The smallest absolute Gasteiger partial charge is 0.335 e. The molecule has 38 heavy (non-hydrogen) atoms. The van der Waals surface area contributed by atoms with Crippen molar-refractivity contribution in [3.8, 4) is 5.69 Å². The molecule has 0 amide bonds. The Morgan fingerprint density at radius 3 is 2.55 bits per heavy atom. The summed E-state index contributed by atoms with van der Waals surface area (Å²) in [6, 6.07) is 3.24. The second-order valence-electron chi connectivity index (χ2n) is 10.1. The maximum Gasteiger partial charge on any atom is 0.335 e. The van der Waals surface area contributed by atoms with Crippen LogP contribution >= 0.6 is 34.5 Å². The van der Waals surface area contributed by atoms with E-state index in [2.05, 4.69) is 15.3 Å². The van der Waals surface area contributed by atoms with Gasteiger partial charge in [0.1, 0.15) is 16.3 Å². The zero-order chi connectivity index (χ0) is 26.6. The van der Waals surface area contributed by atoms with Gasteiger partial charge in [0.25, 0.3) is 0 Å². The van der Waals surface area contributed by atoms with Crippen LogP contribution in [0.25, 0.3) is 15.9 Å². The molecule has 198 valence electrons. The van der Waals surface area contributed by atoms with Crippen molar-refractivity contribution in [3.63, 3.8) is 0 Å². The molecule has 4 aromatic rings. The second kappa shape index (κ2) is 9.84. The van der Waals surface area contributed by atoms with Crippen LogP contribution in [0, 0.1) is 6.92 Å². The molecule has 9 nitrogen and oxygen atoms in total. The molecule has 0 atom stereocenters. The lowest BCUT2D eigenvalue weighted by Crippen LogP contribution is -2.34. The topological polar surface area (TPSA) is 123 Å². The number of ether oxygens (including phenoxy) is 1. The Morgan fingerprint density at radius 1 is 1.18 bits per heavy atom. The minimum atomic E-state index is -1.07. The van der Waals surface area contributed by atoms with Crippen molar-refractivity contribution in [2.24, 2.45) is 0 Å². The first-order valence-electron chi connectivity index (χ1n) is 12.5. The summed E-state index contributed by atoms with van der Waals surface area (Å²) in [5.41, 5.74) is 2.96. The van der Waals surface area contributed by atoms with Crippen molar-refractivity contribution in [3.05, 3.63) is 62.1 Å². The van der Waals surface area contributed by atoms with Gasteiger partial charge in [0, 0.05) is 18.3 Å². The highest BCUT2D eigenvalue weighted by molar-refractivity contribution is 7.18. The lowest BCUT2D eigenvalue weighted by Gasteiger charge is -2.34. The van der Waals surface area contributed by atoms with E-state index in [0.717, 1.165) is 40.0 Å². The third-order valence-electron chi connectivity index (χ3n) is 7.34. The number of benzene rings is 1. The molecule has 12 heteroatoms. The first kappa shape index (κ1) is 25.6. The number of carboxylic acid groups (broad SMARTS) is 1. The fraction of sp³-hybridized carbons (Fsp3) is 0.423. The summed E-state index contributed by atoms with van der Waals surface area (Å²) >= 11 is 14.2. The molecule has 0 bridgehead atoms. The van der Waals surface area contributed by atoms with E-state index in [4.69, 9.17) is 32.9 Å². The van der Waals surface area contributed by atoms with Crippen LogP contribution in [-0.2, 0) is 16.9 Å². The molecule has 2 aliphatic carbocycles. The van der Waals surface area contributed by atoms with Crippen LogP contribution in [0.15, 0.2) is 24.5 Å². The maximum absolute atomic E-state index is 11.5. The number of nitrogens with zero attached hydrogens (tertiary/aromatic N) is 5. The summed E-state index contributed by atoms with van der Waals surface area (Å²) in [7, 11) is 0. The summed E-state index contributed by atoms with van der Waals surface area (Å²) in [5.74, 6) is -0.613. The molecule has 3 aromatic heterocycles. The lowest BCUT2D eigenvalue weighted by atomic mass is 9.83. The number of hydrogen-bond donors (Lipinski definition) is 2. The molecular weight excluding hydrogens is 549 g/mol. The van der Waals surface area contributed by atoms with Crippen LogP contribution in [0.3, 0.4) is 0 Å². The third-order valence-corrected chi connectivity index (χ3v) is 9.09. The fourth-order valence-electron chi connectivity index (χ4n) is 5.07. The Morgan fingerprint density at radius 2 is 1.89 bits per heavy atom. The Labute approximate surface area is 232 Å². The standard InChI is InChI=1S/C26H25Cl2N5O4S/c1-13-8-15(24(34)35)9-20-21(13)30-25(38-20)26(36)6-4-16(5-7-26)37-12-19-22(14-2-3-14)31-32-33(19)23-17(27)10-29-11-18(23)28/h8-11,14,16,36H,2-7,12H2,1H3,(H,34,35). The van der Waals surface area contributed by atoms with Gasteiger partial charge in [0.05, 0.1) is 49.9 Å². The normalized spacial score (nSPS) is 21.7. The second-order valence-corrected chi connectivity index (χ2v) is 11.9. The molecule has 0 aliphatic heterocycles. The quantitative estimate of drug-likeness (QED) is 0.284. The van der Waals surface area contributed by atoms with Gasteiger partial charge < -0.3 is 14.9 Å². The van der Waals surface area contributed by atoms with Gasteiger partial charge in [-0.1, -0.05) is 28.4 Å². The first-order valence-corrected chi connectivity index (χ1v) is 14.0. The number of rotatable bonds is 7. The minimum Gasteiger partial charge on any atom is -0.478 e. The lowest BCUT2D eigenvalue weighted by molar-refractivity contribution is -0.0648. The van der Waals surface area contributed by atoms with Gasteiger partial charge in [-0.25, -0.2) is 14.5 Å². The van der Waals surface area contributed by atoms with E-state index in [1.54, 1.807) is 16.8 Å². The molecular formula is C26H25Cl2N5O4S. The third kappa shape index (κ3) is 4.69. The Hall–Kier alpha value is -2.63. The number of aliphatic hydroxyl groups is 1. The van der Waals surface area contributed by atoms with Gasteiger partial charge in [-0.2, -0.15) is 0 Å². The van der Waals surface area contributed by atoms with Crippen molar-refractivity contribution in [2.75, 3.05) is 0 Å². The summed E-state index contributed by atoms with van der Waals surface area (Å²) in [4.78, 5) is 20.2. The molecule has 0 saturated heterocycles. The van der Waals surface area contributed by atoms with Gasteiger partial charge in [-0.3, -0.25) is 4.98 Å². The molecule has 2 N–H and O–H groups in total. The number of aryl methyl sites for hydroxylation is 1. The monoisotopic (exact) mass is 573 g/mol. The number of carboxylic acids is 1. The number of aromatic carboxylic acids is 1. The molecule has 2 saturated carbocycles. The molecule has 0 spiro atoms. The van der Waals surface area contributed by atoms with Crippen LogP contribution in [0.2, 0.25) is 10.0 Å². The van der Waals surface area contributed by atoms with Gasteiger partial charge in [-0.05, 0) is 63.1 Å². The number of carbonyl (C=O) groups is 1. The van der Waals surface area contributed by atoms with Crippen molar-refractivity contribution in [1.29, 1.82) is 0 Å². The highest BCUT2D eigenvalue weighted by Crippen LogP contribution is 2.44. The van der Waals surface area contributed by atoms with Crippen molar-refractivity contribution < 1.29 is 19.7 Å². The zero-order valence-electron chi connectivity index (χ0n) is 20.5. The molecule has 1 aromatic carbocycles. The molecule has 2 aliphatic rings. The number of fused-ring (bicyclic) bond motifs is 1. The minimum absolute atomic E-state index is 0.0520. The van der Waals surface area contributed by atoms with Gasteiger partial charge >= 0.3 is 5.97 Å². The summed E-state index contributed by atoms with van der Waals surface area (Å²) < 4.78 is 8.77. The number of hydrogen-bond acceptors (Lipinski definition) is 8. The predicted molar refractivity (Wildman–Crippen MR) is 143 cm³/mol. The molecule has 2 fully saturated rings. The van der Waals surface area contributed by atoms with E-state index in [9.17, 15) is 15.0 Å². The zero-order valence-corrected chi connectivity index (χ0v) is 22.9. The van der Waals surface area contributed by atoms with E-state index in [1.807, 2.05) is 6.92 Å². The number of pyridine rings is 1. The summed E-state index contributed by atoms with van der Waals surface area (Å²) in [6.45, 7) is 2.14. The van der Waals surface area contributed by atoms with Gasteiger partial charge in [0.15, 0.2) is 0 Å².